The van der Waals surface area contributed by atoms with Crippen LogP contribution in [-0.4, -0.2) is 25.9 Å². The van der Waals surface area contributed by atoms with Crippen LogP contribution in [0.15, 0.2) is 78.0 Å². The van der Waals surface area contributed by atoms with Crippen molar-refractivity contribution in [2.45, 2.75) is 18.2 Å². The minimum absolute atomic E-state index is 0.0753. The van der Waals surface area contributed by atoms with E-state index in [1.54, 1.807) is 24.4 Å². The highest BCUT2D eigenvalue weighted by Gasteiger charge is 2.22. The standard InChI is InChI=1S/C21H21N3O3S/c1-16-13-18(15-22-14-16)24-28(26,27)20-10-6-5-9-19(20)21(25)23-12-11-17-7-3-2-4-8-17/h2-10,13-15,24H,11-12H2,1H3,(H,23,25). The van der Waals surface area contributed by atoms with Crippen molar-refractivity contribution in [1.82, 2.24) is 10.3 Å². The van der Waals surface area contributed by atoms with Gasteiger partial charge in [-0.1, -0.05) is 42.5 Å². The average Bonchev–Trinajstić information content (AvgIpc) is 2.68. The molecular weight excluding hydrogens is 374 g/mol. The second kappa shape index (κ2) is 8.67. The number of nitrogens with zero attached hydrogens (tertiary/aromatic N) is 1. The number of carbonyl (C=O) groups is 1. The Morgan fingerprint density at radius 3 is 2.46 bits per heavy atom. The van der Waals surface area contributed by atoms with Crippen LogP contribution in [0.4, 0.5) is 5.69 Å². The Bertz CT molecular complexity index is 1070. The fourth-order valence-electron chi connectivity index (χ4n) is 2.77. The molecule has 0 radical (unpaired) electrons. The van der Waals surface area contributed by atoms with Gasteiger partial charge in [-0.05, 0) is 42.7 Å². The van der Waals surface area contributed by atoms with Crippen molar-refractivity contribution < 1.29 is 13.2 Å². The fraction of sp³-hybridized carbons (Fsp3) is 0.143. The molecule has 0 atom stereocenters. The van der Waals surface area contributed by atoms with E-state index < -0.39 is 15.9 Å². The van der Waals surface area contributed by atoms with E-state index in [-0.39, 0.29) is 10.5 Å². The second-order valence-corrected chi connectivity index (χ2v) is 7.99. The summed E-state index contributed by atoms with van der Waals surface area (Å²) in [6, 6.07) is 17.6. The number of rotatable bonds is 7. The van der Waals surface area contributed by atoms with Gasteiger partial charge in [0.2, 0.25) is 0 Å². The molecule has 0 bridgehead atoms. The lowest BCUT2D eigenvalue weighted by atomic mass is 10.1. The highest BCUT2D eigenvalue weighted by molar-refractivity contribution is 7.92. The van der Waals surface area contributed by atoms with Gasteiger partial charge in [0.15, 0.2) is 0 Å². The molecular formula is C21H21N3O3S. The third-order valence-electron chi connectivity index (χ3n) is 4.09. The van der Waals surface area contributed by atoms with Crippen LogP contribution in [0.25, 0.3) is 0 Å². The molecule has 3 aromatic rings. The number of pyridine rings is 1. The zero-order valence-electron chi connectivity index (χ0n) is 15.4. The average molecular weight is 395 g/mol. The SMILES string of the molecule is Cc1cncc(NS(=O)(=O)c2ccccc2C(=O)NCCc2ccccc2)c1. The van der Waals surface area contributed by atoms with Crippen molar-refractivity contribution >= 4 is 21.6 Å². The molecule has 0 fully saturated rings. The Labute approximate surface area is 164 Å². The second-order valence-electron chi connectivity index (χ2n) is 6.34. The molecule has 6 nitrogen and oxygen atoms in total. The molecule has 1 amide bonds. The van der Waals surface area contributed by atoms with Crippen molar-refractivity contribution in [1.29, 1.82) is 0 Å². The Morgan fingerprint density at radius 1 is 1.00 bits per heavy atom. The number of sulfonamides is 1. The third kappa shape index (κ3) is 4.95. The number of nitrogens with one attached hydrogen (secondary N) is 2. The van der Waals surface area contributed by atoms with E-state index in [2.05, 4.69) is 15.0 Å². The summed E-state index contributed by atoms with van der Waals surface area (Å²) in [5.41, 5.74) is 2.37. The summed E-state index contributed by atoms with van der Waals surface area (Å²) in [6.45, 7) is 2.23. The molecule has 144 valence electrons. The highest BCUT2D eigenvalue weighted by Crippen LogP contribution is 2.20. The molecule has 0 saturated carbocycles. The van der Waals surface area contributed by atoms with Gasteiger partial charge in [-0.3, -0.25) is 14.5 Å². The first kappa shape index (κ1) is 19.6. The van der Waals surface area contributed by atoms with E-state index in [1.807, 2.05) is 37.3 Å². The van der Waals surface area contributed by atoms with Crippen LogP contribution in [0, 0.1) is 6.92 Å². The van der Waals surface area contributed by atoms with E-state index in [4.69, 9.17) is 0 Å². The van der Waals surface area contributed by atoms with E-state index in [9.17, 15) is 13.2 Å². The van der Waals surface area contributed by atoms with Gasteiger partial charge >= 0.3 is 0 Å². The molecule has 0 unspecified atom stereocenters. The van der Waals surface area contributed by atoms with Gasteiger partial charge in [0.05, 0.1) is 17.4 Å². The topological polar surface area (TPSA) is 88.2 Å². The maximum absolute atomic E-state index is 12.8. The summed E-state index contributed by atoms with van der Waals surface area (Å²) in [6.07, 6.45) is 3.72. The molecule has 3 rings (SSSR count). The number of benzene rings is 2. The zero-order valence-corrected chi connectivity index (χ0v) is 16.2. The number of amides is 1. The zero-order chi connectivity index (χ0) is 20.0. The highest BCUT2D eigenvalue weighted by atomic mass is 32.2. The predicted octanol–water partition coefficient (Wildman–Crippen LogP) is 3.16. The molecule has 1 aromatic heterocycles. The molecule has 1 heterocycles. The van der Waals surface area contributed by atoms with Gasteiger partial charge < -0.3 is 5.32 Å². The number of anilines is 1. The smallest absolute Gasteiger partial charge is 0.262 e. The first-order valence-electron chi connectivity index (χ1n) is 8.81. The van der Waals surface area contributed by atoms with Gasteiger partial charge in [-0.25, -0.2) is 8.42 Å². The van der Waals surface area contributed by atoms with Crippen LogP contribution in [0.5, 0.6) is 0 Å². The van der Waals surface area contributed by atoms with E-state index in [0.29, 0.717) is 18.7 Å². The van der Waals surface area contributed by atoms with Crippen LogP contribution in [-0.2, 0) is 16.4 Å². The van der Waals surface area contributed by atoms with Crippen LogP contribution in [0.1, 0.15) is 21.5 Å². The molecule has 7 heteroatoms. The van der Waals surface area contributed by atoms with Crippen molar-refractivity contribution in [2.24, 2.45) is 0 Å². The Kier molecular flexibility index (Phi) is 6.06. The molecule has 0 saturated heterocycles. The number of hydrogen-bond donors (Lipinski definition) is 2. The molecule has 2 N–H and O–H groups in total. The summed E-state index contributed by atoms with van der Waals surface area (Å²) >= 11 is 0. The normalized spacial score (nSPS) is 11.0. The first-order valence-corrected chi connectivity index (χ1v) is 10.3. The van der Waals surface area contributed by atoms with Gasteiger partial charge in [0.25, 0.3) is 15.9 Å². The van der Waals surface area contributed by atoms with Crippen LogP contribution < -0.4 is 10.0 Å². The number of carbonyl (C=O) groups excluding carboxylic acids is 1. The monoisotopic (exact) mass is 395 g/mol. The lowest BCUT2D eigenvalue weighted by molar-refractivity contribution is 0.0951. The third-order valence-corrected chi connectivity index (χ3v) is 5.53. The number of aromatic nitrogens is 1. The van der Waals surface area contributed by atoms with E-state index in [0.717, 1.165) is 11.1 Å². The van der Waals surface area contributed by atoms with Crippen molar-refractivity contribution in [2.75, 3.05) is 11.3 Å². The summed E-state index contributed by atoms with van der Waals surface area (Å²) < 4.78 is 28.1. The van der Waals surface area contributed by atoms with Gasteiger partial charge in [-0.2, -0.15) is 0 Å². The van der Waals surface area contributed by atoms with Crippen LogP contribution in [0.2, 0.25) is 0 Å². The van der Waals surface area contributed by atoms with Crippen molar-refractivity contribution in [3.05, 3.63) is 89.7 Å². The van der Waals surface area contributed by atoms with Crippen molar-refractivity contribution in [3.63, 3.8) is 0 Å². The number of hydrogen-bond acceptors (Lipinski definition) is 4. The lowest BCUT2D eigenvalue weighted by Gasteiger charge is -2.12. The Morgan fingerprint density at radius 2 is 1.71 bits per heavy atom. The predicted molar refractivity (Wildman–Crippen MR) is 109 cm³/mol. The molecule has 2 aromatic carbocycles. The maximum atomic E-state index is 12.8. The van der Waals surface area contributed by atoms with Crippen molar-refractivity contribution in [3.8, 4) is 0 Å². The quantitative estimate of drug-likeness (QED) is 0.643. The summed E-state index contributed by atoms with van der Waals surface area (Å²) in [4.78, 5) is 16.5. The van der Waals surface area contributed by atoms with Crippen LogP contribution >= 0.6 is 0 Å². The Balaban J connectivity index is 1.75. The lowest BCUT2D eigenvalue weighted by Crippen LogP contribution is -2.28. The number of aryl methyl sites for hydroxylation is 1. The minimum Gasteiger partial charge on any atom is -0.352 e. The first-order chi connectivity index (χ1) is 13.5. The maximum Gasteiger partial charge on any atom is 0.262 e. The molecule has 0 aliphatic carbocycles. The van der Waals surface area contributed by atoms with Gasteiger partial charge in [0.1, 0.15) is 4.90 Å². The van der Waals surface area contributed by atoms with Crippen LogP contribution in [0.3, 0.4) is 0 Å². The fourth-order valence-corrected chi connectivity index (χ4v) is 4.01. The largest absolute Gasteiger partial charge is 0.352 e. The molecule has 0 spiro atoms. The molecule has 0 aliphatic heterocycles. The molecule has 0 aliphatic rings. The molecule has 28 heavy (non-hydrogen) atoms. The van der Waals surface area contributed by atoms with E-state index >= 15 is 0 Å². The Hall–Kier alpha value is -3.19. The summed E-state index contributed by atoms with van der Waals surface area (Å²) in [5, 5.41) is 2.79. The van der Waals surface area contributed by atoms with Gasteiger partial charge in [-0.15, -0.1) is 0 Å². The summed E-state index contributed by atoms with van der Waals surface area (Å²) in [5.74, 6) is -0.431. The van der Waals surface area contributed by atoms with Gasteiger partial charge in [0, 0.05) is 12.7 Å². The minimum atomic E-state index is -3.93. The van der Waals surface area contributed by atoms with E-state index in [1.165, 1.54) is 18.3 Å². The summed E-state index contributed by atoms with van der Waals surface area (Å²) in [7, 11) is -3.93.